The highest BCUT2D eigenvalue weighted by Gasteiger charge is 2.26. The molecule has 2 aromatic carbocycles. The molecular formula is C25H25ClN4O2. The Morgan fingerprint density at radius 1 is 0.969 bits per heavy atom. The number of nitrogens with zero attached hydrogens (tertiary/aromatic N) is 2. The van der Waals surface area contributed by atoms with Gasteiger partial charge in [0.2, 0.25) is 0 Å². The van der Waals surface area contributed by atoms with Gasteiger partial charge in [0.25, 0.3) is 0 Å². The Morgan fingerprint density at radius 2 is 1.72 bits per heavy atom. The molecule has 2 amide bonds. The van der Waals surface area contributed by atoms with Crippen molar-refractivity contribution in [3.63, 3.8) is 0 Å². The highest BCUT2D eigenvalue weighted by atomic mass is 35.5. The molecule has 0 saturated heterocycles. The zero-order valence-electron chi connectivity index (χ0n) is 17.6. The maximum atomic E-state index is 12.5. The van der Waals surface area contributed by atoms with E-state index in [1.807, 2.05) is 42.6 Å². The predicted molar refractivity (Wildman–Crippen MR) is 124 cm³/mol. The van der Waals surface area contributed by atoms with Crippen molar-refractivity contribution in [1.82, 2.24) is 20.5 Å². The molecular weight excluding hydrogens is 424 g/mol. The van der Waals surface area contributed by atoms with E-state index in [9.17, 15) is 9.59 Å². The summed E-state index contributed by atoms with van der Waals surface area (Å²) in [5.41, 5.74) is 4.41. The molecule has 7 heteroatoms. The highest BCUT2D eigenvalue weighted by molar-refractivity contribution is 6.35. The van der Waals surface area contributed by atoms with Gasteiger partial charge in [-0.3, -0.25) is 19.5 Å². The number of benzene rings is 2. The summed E-state index contributed by atoms with van der Waals surface area (Å²) in [7, 11) is 0. The smallest absolute Gasteiger partial charge is 0.309 e. The van der Waals surface area contributed by atoms with Gasteiger partial charge in [0.05, 0.1) is 6.04 Å². The number of amides is 2. The van der Waals surface area contributed by atoms with Crippen LogP contribution in [0.4, 0.5) is 0 Å². The molecule has 1 aliphatic heterocycles. The fraction of sp³-hybridized carbons (Fsp3) is 0.240. The lowest BCUT2D eigenvalue weighted by atomic mass is 9.97. The third-order valence-electron chi connectivity index (χ3n) is 5.73. The second-order valence-electron chi connectivity index (χ2n) is 7.78. The highest BCUT2D eigenvalue weighted by Crippen LogP contribution is 2.27. The molecule has 1 unspecified atom stereocenters. The number of halogens is 1. The largest absolute Gasteiger partial charge is 0.346 e. The van der Waals surface area contributed by atoms with Crippen molar-refractivity contribution < 1.29 is 9.59 Å². The Hall–Kier alpha value is -3.22. The summed E-state index contributed by atoms with van der Waals surface area (Å²) in [6.45, 7) is 2.16. The molecule has 0 fully saturated rings. The fourth-order valence-corrected chi connectivity index (χ4v) is 4.18. The van der Waals surface area contributed by atoms with E-state index in [1.54, 1.807) is 12.3 Å². The van der Waals surface area contributed by atoms with Gasteiger partial charge in [-0.05, 0) is 40.8 Å². The molecule has 1 atom stereocenters. The number of hydrogen-bond donors (Lipinski definition) is 2. The average molecular weight is 449 g/mol. The molecule has 2 heterocycles. The maximum absolute atomic E-state index is 12.5. The minimum absolute atomic E-state index is 0.0858. The summed E-state index contributed by atoms with van der Waals surface area (Å²) in [6, 6.07) is 19.4. The van der Waals surface area contributed by atoms with Crippen LogP contribution in [0.25, 0.3) is 0 Å². The summed E-state index contributed by atoms with van der Waals surface area (Å²) < 4.78 is 0. The van der Waals surface area contributed by atoms with Crippen LogP contribution >= 0.6 is 11.6 Å². The van der Waals surface area contributed by atoms with Crippen LogP contribution in [-0.2, 0) is 29.1 Å². The quantitative estimate of drug-likeness (QED) is 0.567. The van der Waals surface area contributed by atoms with E-state index in [-0.39, 0.29) is 12.6 Å². The summed E-state index contributed by atoms with van der Waals surface area (Å²) in [6.07, 6.45) is 4.49. The van der Waals surface area contributed by atoms with Crippen LogP contribution in [0.5, 0.6) is 0 Å². The van der Waals surface area contributed by atoms with E-state index in [2.05, 4.69) is 38.7 Å². The third-order valence-corrected chi connectivity index (χ3v) is 6.10. The van der Waals surface area contributed by atoms with Gasteiger partial charge < -0.3 is 10.6 Å². The van der Waals surface area contributed by atoms with Crippen LogP contribution in [0.3, 0.4) is 0 Å². The van der Waals surface area contributed by atoms with Gasteiger partial charge in [0, 0.05) is 43.6 Å². The first-order valence-electron chi connectivity index (χ1n) is 10.6. The lowest BCUT2D eigenvalue weighted by Gasteiger charge is -2.35. The van der Waals surface area contributed by atoms with Crippen LogP contribution < -0.4 is 10.6 Å². The lowest BCUT2D eigenvalue weighted by molar-refractivity contribution is -0.139. The number of carbonyl (C=O) groups is 2. The lowest BCUT2D eigenvalue weighted by Crippen LogP contribution is -2.45. The first-order chi connectivity index (χ1) is 15.6. The molecule has 6 nitrogen and oxygen atoms in total. The molecule has 3 aromatic rings. The first-order valence-corrected chi connectivity index (χ1v) is 11.0. The van der Waals surface area contributed by atoms with Crippen LogP contribution in [0.15, 0.2) is 73.1 Å². The van der Waals surface area contributed by atoms with Crippen molar-refractivity contribution in [2.75, 3.05) is 13.1 Å². The van der Waals surface area contributed by atoms with E-state index in [4.69, 9.17) is 11.6 Å². The number of fused-ring (bicyclic) bond motifs is 1. The zero-order chi connectivity index (χ0) is 22.3. The number of nitrogens with one attached hydrogen (secondary N) is 2. The van der Waals surface area contributed by atoms with Crippen molar-refractivity contribution in [3.8, 4) is 0 Å². The van der Waals surface area contributed by atoms with Gasteiger partial charge in [-0.1, -0.05) is 60.1 Å². The van der Waals surface area contributed by atoms with E-state index in [0.29, 0.717) is 11.6 Å². The summed E-state index contributed by atoms with van der Waals surface area (Å²) in [5, 5.41) is 5.99. The number of aromatic nitrogens is 1. The average Bonchev–Trinajstić information content (AvgIpc) is 2.84. The third kappa shape index (κ3) is 5.33. The van der Waals surface area contributed by atoms with Crippen molar-refractivity contribution in [1.29, 1.82) is 0 Å². The molecule has 0 spiro atoms. The van der Waals surface area contributed by atoms with Gasteiger partial charge in [0.1, 0.15) is 0 Å². The van der Waals surface area contributed by atoms with E-state index in [0.717, 1.165) is 30.6 Å². The van der Waals surface area contributed by atoms with Crippen molar-refractivity contribution in [3.05, 3.63) is 100 Å². The molecule has 2 N–H and O–H groups in total. The standard InChI is InChI=1S/C25H25ClN4O2/c26-22-10-4-3-7-19(22)15-28-24(31)25(32)29-16-23(20-9-5-12-27-14-20)30-13-11-18-6-1-2-8-21(18)17-30/h1-10,12,14,23H,11,13,15-17H2,(H,28,31)(H,29,32). The van der Waals surface area contributed by atoms with Crippen LogP contribution in [0.1, 0.15) is 28.3 Å². The predicted octanol–water partition coefficient (Wildman–Crippen LogP) is 3.27. The topological polar surface area (TPSA) is 74.3 Å². The summed E-state index contributed by atoms with van der Waals surface area (Å²) in [5.74, 6) is -1.35. The molecule has 0 bridgehead atoms. The van der Waals surface area contributed by atoms with Crippen molar-refractivity contribution in [2.45, 2.75) is 25.6 Å². The second kappa shape index (κ2) is 10.4. The van der Waals surface area contributed by atoms with Gasteiger partial charge in [-0.2, -0.15) is 0 Å². The molecule has 0 aliphatic carbocycles. The number of hydrogen-bond acceptors (Lipinski definition) is 4. The molecule has 0 saturated carbocycles. The number of carbonyl (C=O) groups excluding carboxylic acids is 2. The Labute approximate surface area is 192 Å². The second-order valence-corrected chi connectivity index (χ2v) is 8.18. The van der Waals surface area contributed by atoms with Crippen molar-refractivity contribution >= 4 is 23.4 Å². The van der Waals surface area contributed by atoms with E-state index >= 15 is 0 Å². The molecule has 0 radical (unpaired) electrons. The molecule has 1 aliphatic rings. The first kappa shape index (κ1) is 22.0. The molecule has 164 valence electrons. The van der Waals surface area contributed by atoms with E-state index < -0.39 is 11.8 Å². The van der Waals surface area contributed by atoms with Gasteiger partial charge >= 0.3 is 11.8 Å². The van der Waals surface area contributed by atoms with Crippen LogP contribution in [-0.4, -0.2) is 34.8 Å². The van der Waals surface area contributed by atoms with Gasteiger partial charge in [-0.15, -0.1) is 0 Å². The Bertz CT molecular complexity index is 1090. The van der Waals surface area contributed by atoms with Crippen molar-refractivity contribution in [2.24, 2.45) is 0 Å². The fourth-order valence-electron chi connectivity index (χ4n) is 3.98. The molecule has 32 heavy (non-hydrogen) atoms. The molecule has 1 aromatic heterocycles. The van der Waals surface area contributed by atoms with Crippen LogP contribution in [0.2, 0.25) is 5.02 Å². The number of rotatable bonds is 6. The minimum atomic E-state index is -0.682. The van der Waals surface area contributed by atoms with Gasteiger partial charge in [0.15, 0.2) is 0 Å². The minimum Gasteiger partial charge on any atom is -0.346 e. The summed E-state index contributed by atoms with van der Waals surface area (Å²) in [4.78, 5) is 31.4. The Morgan fingerprint density at radius 3 is 2.50 bits per heavy atom. The summed E-state index contributed by atoms with van der Waals surface area (Å²) >= 11 is 6.12. The SMILES string of the molecule is O=C(NCc1ccccc1Cl)C(=O)NCC(c1cccnc1)N1CCc2ccccc2C1. The molecule has 4 rings (SSSR count). The normalized spacial score (nSPS) is 14.3. The van der Waals surface area contributed by atoms with Gasteiger partial charge in [-0.25, -0.2) is 0 Å². The number of pyridine rings is 1. The maximum Gasteiger partial charge on any atom is 0.309 e. The van der Waals surface area contributed by atoms with E-state index in [1.165, 1.54) is 11.1 Å². The monoisotopic (exact) mass is 448 g/mol. The zero-order valence-corrected chi connectivity index (χ0v) is 18.4. The Kier molecular flexibility index (Phi) is 7.14. The Balaban J connectivity index is 1.40. The van der Waals surface area contributed by atoms with Crippen LogP contribution in [0, 0.1) is 0 Å².